The van der Waals surface area contributed by atoms with Gasteiger partial charge in [-0.3, -0.25) is 9.48 Å². The van der Waals surface area contributed by atoms with Gasteiger partial charge in [-0.25, -0.2) is 0 Å². The molecule has 2 heterocycles. The average Bonchev–Trinajstić information content (AvgIpc) is 3.19. The largest absolute Gasteiger partial charge is 0.435 e. The minimum Gasteiger partial charge on any atom is -0.323 e. The highest BCUT2D eigenvalue weighted by Crippen LogP contribution is 2.27. The first-order valence-corrected chi connectivity index (χ1v) is 7.54. The minimum absolute atomic E-state index is 0.343. The summed E-state index contributed by atoms with van der Waals surface area (Å²) < 4.78 is 40.3. The molecule has 0 bridgehead atoms. The molecule has 25 heavy (non-hydrogen) atoms. The first kappa shape index (κ1) is 17.1. The monoisotopic (exact) mass is 368 g/mol. The van der Waals surface area contributed by atoms with Crippen molar-refractivity contribution in [1.82, 2.24) is 14.3 Å². The number of nitrogens with one attached hydrogen (secondary N) is 1. The fourth-order valence-corrected chi connectivity index (χ4v) is 2.42. The van der Waals surface area contributed by atoms with E-state index in [1.807, 2.05) is 12.1 Å². The number of hydrogen-bond acceptors (Lipinski definition) is 2. The second-order valence-electron chi connectivity index (χ2n) is 5.20. The highest BCUT2D eigenvalue weighted by molar-refractivity contribution is 6.30. The Bertz CT molecular complexity index is 887. The first-order valence-electron chi connectivity index (χ1n) is 7.16. The van der Waals surface area contributed by atoms with Crippen molar-refractivity contribution >= 4 is 23.2 Å². The summed E-state index contributed by atoms with van der Waals surface area (Å²) in [6.07, 6.45) is 0.130. The van der Waals surface area contributed by atoms with Crippen LogP contribution in [0.5, 0.6) is 0 Å². The number of aromatic nitrogens is 3. The Morgan fingerprint density at radius 3 is 2.52 bits per heavy atom. The molecule has 130 valence electrons. The topological polar surface area (TPSA) is 51.9 Å². The fraction of sp³-hybridized carbons (Fsp3) is 0.125. The van der Waals surface area contributed by atoms with Crippen molar-refractivity contribution in [2.75, 3.05) is 5.32 Å². The van der Waals surface area contributed by atoms with Crippen LogP contribution in [0.15, 0.2) is 55.0 Å². The number of alkyl halides is 3. The average molecular weight is 369 g/mol. The molecule has 0 fully saturated rings. The smallest absolute Gasteiger partial charge is 0.323 e. The summed E-state index contributed by atoms with van der Waals surface area (Å²) in [6.45, 7) is -0.343. The SMILES string of the molecule is O=C(Cn1ccc(C(F)(F)F)n1)Nc1ccc(Cl)cc1-n1cccc1. The number of anilines is 1. The lowest BCUT2D eigenvalue weighted by Gasteiger charge is -2.13. The van der Waals surface area contributed by atoms with Crippen LogP contribution in [-0.2, 0) is 17.5 Å². The van der Waals surface area contributed by atoms with E-state index in [2.05, 4.69) is 10.4 Å². The summed E-state index contributed by atoms with van der Waals surface area (Å²) >= 11 is 6.00. The highest BCUT2D eigenvalue weighted by atomic mass is 35.5. The first-order chi connectivity index (χ1) is 11.8. The number of amides is 1. The van der Waals surface area contributed by atoms with E-state index in [1.165, 1.54) is 0 Å². The number of halogens is 4. The van der Waals surface area contributed by atoms with E-state index < -0.39 is 17.8 Å². The molecular formula is C16H12ClF3N4O. The molecule has 1 aromatic carbocycles. The van der Waals surface area contributed by atoms with Gasteiger partial charge in [0.15, 0.2) is 5.69 Å². The van der Waals surface area contributed by atoms with E-state index in [0.29, 0.717) is 16.4 Å². The molecule has 3 aromatic rings. The van der Waals surface area contributed by atoms with E-state index in [1.54, 1.807) is 35.2 Å². The maximum absolute atomic E-state index is 12.5. The molecule has 0 saturated carbocycles. The Hall–Kier alpha value is -2.74. The van der Waals surface area contributed by atoms with Crippen LogP contribution in [0.3, 0.4) is 0 Å². The zero-order valence-electron chi connectivity index (χ0n) is 12.7. The number of hydrogen-bond donors (Lipinski definition) is 1. The van der Waals surface area contributed by atoms with Gasteiger partial charge in [0.25, 0.3) is 0 Å². The molecule has 1 N–H and O–H groups in total. The van der Waals surface area contributed by atoms with Crippen molar-refractivity contribution in [2.24, 2.45) is 0 Å². The predicted molar refractivity (Wildman–Crippen MR) is 86.6 cm³/mol. The van der Waals surface area contributed by atoms with Gasteiger partial charge in [0, 0.05) is 23.6 Å². The third-order valence-electron chi connectivity index (χ3n) is 3.35. The summed E-state index contributed by atoms with van der Waals surface area (Å²) in [7, 11) is 0. The van der Waals surface area contributed by atoms with E-state index in [0.717, 1.165) is 16.9 Å². The van der Waals surface area contributed by atoms with Gasteiger partial charge < -0.3 is 9.88 Å². The Balaban J connectivity index is 1.77. The zero-order chi connectivity index (χ0) is 18.0. The van der Waals surface area contributed by atoms with Gasteiger partial charge in [0.05, 0.1) is 11.4 Å². The molecule has 0 radical (unpaired) electrons. The van der Waals surface area contributed by atoms with Crippen LogP contribution in [-0.4, -0.2) is 20.3 Å². The highest BCUT2D eigenvalue weighted by Gasteiger charge is 2.33. The molecule has 5 nitrogen and oxygen atoms in total. The molecule has 9 heteroatoms. The van der Waals surface area contributed by atoms with Gasteiger partial charge in [-0.2, -0.15) is 18.3 Å². The second-order valence-corrected chi connectivity index (χ2v) is 5.63. The summed E-state index contributed by atoms with van der Waals surface area (Å²) in [5.41, 5.74) is 0.0796. The molecule has 0 atom stereocenters. The number of benzene rings is 1. The van der Waals surface area contributed by atoms with Crippen LogP contribution < -0.4 is 5.32 Å². The van der Waals surface area contributed by atoms with Crippen molar-refractivity contribution in [3.05, 3.63) is 65.7 Å². The third-order valence-corrected chi connectivity index (χ3v) is 3.59. The van der Waals surface area contributed by atoms with Crippen LogP contribution in [0.1, 0.15) is 5.69 Å². The molecule has 2 aromatic heterocycles. The van der Waals surface area contributed by atoms with Crippen LogP contribution in [0.4, 0.5) is 18.9 Å². The van der Waals surface area contributed by atoms with Crippen LogP contribution in [0.2, 0.25) is 5.02 Å². The van der Waals surface area contributed by atoms with Crippen LogP contribution >= 0.6 is 11.6 Å². The lowest BCUT2D eigenvalue weighted by atomic mass is 10.2. The maximum Gasteiger partial charge on any atom is 0.435 e. The zero-order valence-corrected chi connectivity index (χ0v) is 13.4. The van der Waals surface area contributed by atoms with Crippen molar-refractivity contribution in [3.8, 4) is 5.69 Å². The molecular weight excluding hydrogens is 357 g/mol. The quantitative estimate of drug-likeness (QED) is 0.757. The molecule has 3 rings (SSSR count). The van der Waals surface area contributed by atoms with E-state index >= 15 is 0 Å². The lowest BCUT2D eigenvalue weighted by molar-refractivity contribution is -0.141. The summed E-state index contributed by atoms with van der Waals surface area (Å²) in [6, 6.07) is 9.36. The van der Waals surface area contributed by atoms with Gasteiger partial charge in [-0.05, 0) is 36.4 Å². The molecule has 0 unspecified atom stereocenters. The summed E-state index contributed by atoms with van der Waals surface area (Å²) in [4.78, 5) is 12.2. The summed E-state index contributed by atoms with van der Waals surface area (Å²) in [5, 5.41) is 6.51. The number of rotatable bonds is 4. The lowest BCUT2D eigenvalue weighted by Crippen LogP contribution is -2.20. The predicted octanol–water partition coefficient (Wildman–Crippen LogP) is 3.98. The molecule has 0 spiro atoms. The minimum atomic E-state index is -4.54. The molecule has 0 aliphatic rings. The fourth-order valence-electron chi connectivity index (χ4n) is 2.26. The van der Waals surface area contributed by atoms with Gasteiger partial charge in [0.2, 0.25) is 5.91 Å². The normalized spacial score (nSPS) is 11.5. The number of nitrogens with zero attached hydrogens (tertiary/aromatic N) is 3. The molecule has 0 saturated heterocycles. The Morgan fingerprint density at radius 1 is 1.16 bits per heavy atom. The van der Waals surface area contributed by atoms with Crippen LogP contribution in [0.25, 0.3) is 5.69 Å². The van der Waals surface area contributed by atoms with Crippen molar-refractivity contribution < 1.29 is 18.0 Å². The third kappa shape index (κ3) is 4.03. The summed E-state index contributed by atoms with van der Waals surface area (Å²) in [5.74, 6) is -0.507. The van der Waals surface area contributed by atoms with Crippen molar-refractivity contribution in [3.63, 3.8) is 0 Å². The standard InChI is InChI=1S/C16H12ClF3N4O/c17-11-3-4-12(13(9-11)23-6-1-2-7-23)21-15(25)10-24-8-5-14(22-24)16(18,19)20/h1-9H,10H2,(H,21,25). The Labute approximate surface area is 145 Å². The van der Waals surface area contributed by atoms with Gasteiger partial charge in [0.1, 0.15) is 6.54 Å². The van der Waals surface area contributed by atoms with E-state index in [-0.39, 0.29) is 6.54 Å². The number of carbonyl (C=O) groups is 1. The van der Waals surface area contributed by atoms with E-state index in [4.69, 9.17) is 11.6 Å². The van der Waals surface area contributed by atoms with Gasteiger partial charge >= 0.3 is 6.18 Å². The number of carbonyl (C=O) groups excluding carboxylic acids is 1. The van der Waals surface area contributed by atoms with E-state index in [9.17, 15) is 18.0 Å². The molecule has 0 aliphatic heterocycles. The van der Waals surface area contributed by atoms with Crippen molar-refractivity contribution in [1.29, 1.82) is 0 Å². The maximum atomic E-state index is 12.5. The van der Waals surface area contributed by atoms with Gasteiger partial charge in [-0.1, -0.05) is 11.6 Å². The Morgan fingerprint density at radius 2 is 1.88 bits per heavy atom. The Kier molecular flexibility index (Phi) is 4.54. The van der Waals surface area contributed by atoms with Gasteiger partial charge in [-0.15, -0.1) is 0 Å². The van der Waals surface area contributed by atoms with Crippen LogP contribution in [0, 0.1) is 0 Å². The molecule has 1 amide bonds. The second kappa shape index (κ2) is 6.64. The molecule has 0 aliphatic carbocycles. The van der Waals surface area contributed by atoms with Crippen molar-refractivity contribution in [2.45, 2.75) is 12.7 Å².